The van der Waals surface area contributed by atoms with E-state index in [1.54, 1.807) is 13.1 Å². The molecule has 24 heavy (non-hydrogen) atoms. The highest BCUT2D eigenvalue weighted by Gasteiger charge is 2.35. The minimum atomic E-state index is -0.851. The first-order chi connectivity index (χ1) is 11.3. The van der Waals surface area contributed by atoms with Crippen LogP contribution in [0.2, 0.25) is 0 Å². The highest BCUT2D eigenvalue weighted by atomic mass is 79.9. The van der Waals surface area contributed by atoms with Crippen LogP contribution in [0.15, 0.2) is 22.7 Å². The van der Waals surface area contributed by atoms with Gasteiger partial charge in [-0.2, -0.15) is 0 Å². The number of anilines is 1. The Morgan fingerprint density at radius 2 is 1.96 bits per heavy atom. The zero-order valence-corrected chi connectivity index (χ0v) is 15.3. The second-order valence-electron chi connectivity index (χ2n) is 6.25. The summed E-state index contributed by atoms with van der Waals surface area (Å²) < 4.78 is 0.930. The molecule has 2 N–H and O–H groups in total. The van der Waals surface area contributed by atoms with Crippen molar-refractivity contribution in [3.05, 3.63) is 28.2 Å². The summed E-state index contributed by atoms with van der Waals surface area (Å²) >= 11 is 3.37. The summed E-state index contributed by atoms with van der Waals surface area (Å²) in [4.78, 5) is 36.9. The molecule has 0 saturated heterocycles. The van der Waals surface area contributed by atoms with Crippen LogP contribution >= 0.6 is 15.9 Å². The number of carbonyl (C=O) groups excluding carboxylic acids is 2. The first-order valence-corrected chi connectivity index (χ1v) is 8.61. The molecule has 1 aromatic carbocycles. The lowest BCUT2D eigenvalue weighted by Crippen LogP contribution is -2.38. The van der Waals surface area contributed by atoms with Crippen LogP contribution in [0.1, 0.15) is 24.8 Å². The van der Waals surface area contributed by atoms with Crippen molar-refractivity contribution in [1.82, 2.24) is 4.90 Å². The smallest absolute Gasteiger partial charge is 0.306 e. The summed E-state index contributed by atoms with van der Waals surface area (Å²) in [6.07, 6.45) is 1.43. The number of aliphatic carboxylic acids is 1. The molecule has 0 unspecified atom stereocenters. The minimum Gasteiger partial charge on any atom is -0.481 e. The average Bonchev–Trinajstić information content (AvgIpc) is 2.99. The number of nitrogens with one attached hydrogen (secondary N) is 1. The molecular formula is C17H21BrN2O4. The molecule has 1 aliphatic carbocycles. The lowest BCUT2D eigenvalue weighted by atomic mass is 10.0. The SMILES string of the molecule is Cc1cc(Br)ccc1NC(=O)CN(C)C(=O)[C@@H]1CC[C@H](C(=O)O)C1. The molecule has 130 valence electrons. The van der Waals surface area contributed by atoms with Gasteiger partial charge < -0.3 is 15.3 Å². The fraction of sp³-hybridized carbons (Fsp3) is 0.471. The van der Waals surface area contributed by atoms with Gasteiger partial charge in [-0.15, -0.1) is 0 Å². The molecule has 2 amide bonds. The normalized spacial score (nSPS) is 19.8. The van der Waals surface area contributed by atoms with Gasteiger partial charge in [-0.05, 0) is 49.9 Å². The highest BCUT2D eigenvalue weighted by Crippen LogP contribution is 2.32. The van der Waals surface area contributed by atoms with Gasteiger partial charge in [-0.1, -0.05) is 15.9 Å². The molecule has 6 nitrogen and oxygen atoms in total. The van der Waals surface area contributed by atoms with E-state index in [0.29, 0.717) is 24.9 Å². The van der Waals surface area contributed by atoms with Crippen molar-refractivity contribution >= 4 is 39.4 Å². The van der Waals surface area contributed by atoms with E-state index in [2.05, 4.69) is 21.2 Å². The van der Waals surface area contributed by atoms with E-state index in [1.165, 1.54) is 4.90 Å². The van der Waals surface area contributed by atoms with Gasteiger partial charge >= 0.3 is 5.97 Å². The Hall–Kier alpha value is -1.89. The Kier molecular flexibility index (Phi) is 5.99. The Labute approximate surface area is 149 Å². The van der Waals surface area contributed by atoms with Crippen molar-refractivity contribution in [3.8, 4) is 0 Å². The summed E-state index contributed by atoms with van der Waals surface area (Å²) in [7, 11) is 1.57. The lowest BCUT2D eigenvalue weighted by molar-refractivity contribution is -0.142. The molecule has 7 heteroatoms. The number of halogens is 1. The number of rotatable bonds is 5. The zero-order valence-electron chi connectivity index (χ0n) is 13.7. The van der Waals surface area contributed by atoms with Crippen molar-refractivity contribution in [3.63, 3.8) is 0 Å². The third-order valence-electron chi connectivity index (χ3n) is 4.35. The second kappa shape index (κ2) is 7.79. The third kappa shape index (κ3) is 4.56. The van der Waals surface area contributed by atoms with E-state index >= 15 is 0 Å². The molecule has 2 rings (SSSR count). The van der Waals surface area contributed by atoms with Crippen molar-refractivity contribution < 1.29 is 19.5 Å². The molecule has 0 aliphatic heterocycles. The summed E-state index contributed by atoms with van der Waals surface area (Å²) in [5.41, 5.74) is 1.63. The lowest BCUT2D eigenvalue weighted by Gasteiger charge is -2.21. The molecule has 1 aliphatic rings. The summed E-state index contributed by atoms with van der Waals surface area (Å²) in [5.74, 6) is -2.05. The monoisotopic (exact) mass is 396 g/mol. The maximum absolute atomic E-state index is 12.4. The van der Waals surface area contributed by atoms with E-state index in [4.69, 9.17) is 5.11 Å². The molecular weight excluding hydrogens is 376 g/mol. The van der Waals surface area contributed by atoms with Crippen LogP contribution < -0.4 is 5.32 Å². The van der Waals surface area contributed by atoms with Crippen molar-refractivity contribution in [2.45, 2.75) is 26.2 Å². The van der Waals surface area contributed by atoms with Gasteiger partial charge in [0.05, 0.1) is 12.5 Å². The van der Waals surface area contributed by atoms with Crippen LogP contribution in [0.3, 0.4) is 0 Å². The van der Waals surface area contributed by atoms with Gasteiger partial charge in [-0.25, -0.2) is 0 Å². The minimum absolute atomic E-state index is 0.0530. The van der Waals surface area contributed by atoms with Gasteiger partial charge in [0.1, 0.15) is 0 Å². The van der Waals surface area contributed by atoms with Crippen LogP contribution in [0.5, 0.6) is 0 Å². The van der Waals surface area contributed by atoms with Gasteiger partial charge in [-0.3, -0.25) is 14.4 Å². The van der Waals surface area contributed by atoms with Crippen LogP contribution in [0.4, 0.5) is 5.69 Å². The number of hydrogen-bond acceptors (Lipinski definition) is 3. The van der Waals surface area contributed by atoms with Crippen molar-refractivity contribution in [2.75, 3.05) is 18.9 Å². The fourth-order valence-electron chi connectivity index (χ4n) is 2.99. The number of amides is 2. The van der Waals surface area contributed by atoms with Crippen LogP contribution in [0, 0.1) is 18.8 Å². The van der Waals surface area contributed by atoms with Crippen LogP contribution in [0.25, 0.3) is 0 Å². The molecule has 0 heterocycles. The summed E-state index contributed by atoms with van der Waals surface area (Å²) in [6, 6.07) is 5.53. The molecule has 0 radical (unpaired) electrons. The zero-order chi connectivity index (χ0) is 17.9. The molecule has 0 aromatic heterocycles. The standard InChI is InChI=1S/C17H21BrN2O4/c1-10-7-13(18)5-6-14(10)19-15(21)9-20(2)16(22)11-3-4-12(8-11)17(23)24/h5-7,11-12H,3-4,8-9H2,1-2H3,(H,19,21)(H,23,24)/t11-,12+/m1/s1. The molecule has 2 atom stereocenters. The predicted octanol–water partition coefficient (Wildman–Crippen LogP) is 2.66. The Balaban J connectivity index is 1.89. The van der Waals surface area contributed by atoms with Gasteiger partial charge in [0, 0.05) is 23.1 Å². The maximum atomic E-state index is 12.4. The molecule has 1 saturated carbocycles. The van der Waals surface area contributed by atoms with E-state index in [1.807, 2.05) is 19.1 Å². The van der Waals surface area contributed by atoms with E-state index in [-0.39, 0.29) is 24.3 Å². The number of aryl methyl sites for hydroxylation is 1. The van der Waals surface area contributed by atoms with E-state index < -0.39 is 11.9 Å². The van der Waals surface area contributed by atoms with Crippen molar-refractivity contribution in [1.29, 1.82) is 0 Å². The number of likely N-dealkylation sites (N-methyl/N-ethyl adjacent to an activating group) is 1. The molecule has 1 aromatic rings. The fourth-order valence-corrected chi connectivity index (χ4v) is 3.47. The van der Waals surface area contributed by atoms with Gasteiger partial charge in [0.2, 0.25) is 11.8 Å². The topological polar surface area (TPSA) is 86.7 Å². The first kappa shape index (κ1) is 18.4. The van der Waals surface area contributed by atoms with Crippen LogP contribution in [-0.2, 0) is 14.4 Å². The highest BCUT2D eigenvalue weighted by molar-refractivity contribution is 9.10. The predicted molar refractivity (Wildman–Crippen MR) is 93.6 cm³/mol. The number of carbonyl (C=O) groups is 3. The van der Waals surface area contributed by atoms with E-state index in [0.717, 1.165) is 10.0 Å². The third-order valence-corrected chi connectivity index (χ3v) is 4.84. The molecule has 0 spiro atoms. The Bertz CT molecular complexity index is 662. The number of carboxylic acid groups (broad SMARTS) is 1. The van der Waals surface area contributed by atoms with E-state index in [9.17, 15) is 14.4 Å². The largest absolute Gasteiger partial charge is 0.481 e. The number of carboxylic acids is 1. The quantitative estimate of drug-likeness (QED) is 0.800. The number of benzene rings is 1. The number of nitrogens with zero attached hydrogens (tertiary/aromatic N) is 1. The van der Waals surface area contributed by atoms with Gasteiger partial charge in [0.25, 0.3) is 0 Å². The molecule has 0 bridgehead atoms. The Morgan fingerprint density at radius 3 is 2.54 bits per heavy atom. The first-order valence-electron chi connectivity index (χ1n) is 7.81. The molecule has 1 fully saturated rings. The van der Waals surface area contributed by atoms with Crippen LogP contribution in [-0.4, -0.2) is 41.4 Å². The second-order valence-corrected chi connectivity index (χ2v) is 7.16. The maximum Gasteiger partial charge on any atom is 0.306 e. The summed E-state index contributed by atoms with van der Waals surface area (Å²) in [6.45, 7) is 1.84. The van der Waals surface area contributed by atoms with Gasteiger partial charge in [0.15, 0.2) is 0 Å². The number of hydrogen-bond donors (Lipinski definition) is 2. The summed E-state index contributed by atoms with van der Waals surface area (Å²) in [5, 5.41) is 11.8. The Morgan fingerprint density at radius 1 is 1.29 bits per heavy atom. The average molecular weight is 397 g/mol. The van der Waals surface area contributed by atoms with Crippen molar-refractivity contribution in [2.24, 2.45) is 11.8 Å².